The number of nitrogens with two attached hydrogens (primary N) is 1. The van der Waals surface area contributed by atoms with Crippen LogP contribution in [0.25, 0.3) is 0 Å². The number of thiocarbonyl (C=S) groups is 1. The molecule has 1 aromatic carbocycles. The number of halogens is 3. The van der Waals surface area contributed by atoms with Crippen LogP contribution in [-0.2, 0) is 11.0 Å². The van der Waals surface area contributed by atoms with Crippen LogP contribution in [0, 0.1) is 11.8 Å². The van der Waals surface area contributed by atoms with Crippen LogP contribution < -0.4 is 11.1 Å². The summed E-state index contributed by atoms with van der Waals surface area (Å²) in [6.07, 6.45) is -3.69. The van der Waals surface area contributed by atoms with Gasteiger partial charge in [-0.15, -0.1) is 0 Å². The third-order valence-corrected chi connectivity index (χ3v) is 3.54. The highest BCUT2D eigenvalue weighted by Gasteiger charge is 2.39. The van der Waals surface area contributed by atoms with Crippen LogP contribution in [0.4, 0.5) is 18.9 Å². The standard InChI is InChI=1S/C13H13F3N2OS/c1-6-4-8(6)12(19)18-10-3-2-7(13(14,15)16)5-9(10)11(17)20/h2-3,5-6,8H,4H2,1H3,(H2,17,20)(H,18,19). The first-order chi connectivity index (χ1) is 9.20. The smallest absolute Gasteiger partial charge is 0.389 e. The van der Waals surface area contributed by atoms with Crippen molar-refractivity contribution in [3.8, 4) is 0 Å². The molecule has 3 N–H and O–H groups in total. The zero-order valence-electron chi connectivity index (χ0n) is 10.6. The minimum Gasteiger partial charge on any atom is -0.389 e. The first-order valence-electron chi connectivity index (χ1n) is 6.02. The maximum atomic E-state index is 12.6. The summed E-state index contributed by atoms with van der Waals surface area (Å²) >= 11 is 4.75. The van der Waals surface area contributed by atoms with E-state index in [9.17, 15) is 18.0 Å². The van der Waals surface area contributed by atoms with Gasteiger partial charge in [0.05, 0.1) is 11.3 Å². The number of alkyl halides is 3. The Morgan fingerprint density at radius 1 is 1.45 bits per heavy atom. The van der Waals surface area contributed by atoms with E-state index < -0.39 is 11.7 Å². The lowest BCUT2D eigenvalue weighted by Gasteiger charge is -2.13. The SMILES string of the molecule is CC1CC1C(=O)Nc1ccc(C(F)(F)F)cc1C(N)=S. The molecule has 0 bridgehead atoms. The Bertz CT molecular complexity index is 571. The van der Waals surface area contributed by atoms with Gasteiger partial charge in [0.15, 0.2) is 0 Å². The summed E-state index contributed by atoms with van der Waals surface area (Å²) < 4.78 is 37.9. The van der Waals surface area contributed by atoms with E-state index in [1.54, 1.807) is 0 Å². The van der Waals surface area contributed by atoms with Gasteiger partial charge in [-0.05, 0) is 30.5 Å². The Morgan fingerprint density at radius 2 is 2.05 bits per heavy atom. The van der Waals surface area contributed by atoms with Gasteiger partial charge in [0.25, 0.3) is 0 Å². The molecule has 3 nitrogen and oxygen atoms in total. The number of carbonyl (C=O) groups excluding carboxylic acids is 1. The van der Waals surface area contributed by atoms with Crippen LogP contribution in [0.1, 0.15) is 24.5 Å². The molecule has 0 saturated heterocycles. The third-order valence-electron chi connectivity index (χ3n) is 3.32. The molecule has 1 fully saturated rings. The predicted octanol–water partition coefficient (Wildman–Crippen LogP) is 2.93. The predicted molar refractivity (Wildman–Crippen MR) is 73.2 cm³/mol. The summed E-state index contributed by atoms with van der Waals surface area (Å²) in [6.45, 7) is 1.94. The number of hydrogen-bond donors (Lipinski definition) is 2. The molecule has 0 aromatic heterocycles. The van der Waals surface area contributed by atoms with Crippen molar-refractivity contribution in [2.45, 2.75) is 19.5 Å². The topological polar surface area (TPSA) is 55.1 Å². The molecule has 0 spiro atoms. The number of nitrogens with one attached hydrogen (secondary N) is 1. The lowest BCUT2D eigenvalue weighted by molar-refractivity contribution is -0.137. The molecule has 0 aliphatic heterocycles. The monoisotopic (exact) mass is 302 g/mol. The largest absolute Gasteiger partial charge is 0.416 e. The molecule has 2 unspecified atom stereocenters. The molecule has 1 aliphatic rings. The van der Waals surface area contributed by atoms with Crippen molar-refractivity contribution >= 4 is 28.8 Å². The quantitative estimate of drug-likeness (QED) is 0.844. The number of rotatable bonds is 3. The van der Waals surface area contributed by atoms with E-state index in [0.29, 0.717) is 5.92 Å². The Morgan fingerprint density at radius 3 is 2.50 bits per heavy atom. The van der Waals surface area contributed by atoms with Crippen LogP contribution in [0.5, 0.6) is 0 Å². The number of anilines is 1. The highest BCUT2D eigenvalue weighted by Crippen LogP contribution is 2.39. The Labute approximate surface area is 119 Å². The van der Waals surface area contributed by atoms with E-state index >= 15 is 0 Å². The van der Waals surface area contributed by atoms with Gasteiger partial charge < -0.3 is 11.1 Å². The van der Waals surface area contributed by atoms with Gasteiger partial charge in [-0.25, -0.2) is 0 Å². The fraction of sp³-hybridized carbons (Fsp3) is 0.385. The molecule has 1 aliphatic carbocycles. The van der Waals surface area contributed by atoms with E-state index in [4.69, 9.17) is 18.0 Å². The molecule has 20 heavy (non-hydrogen) atoms. The maximum absolute atomic E-state index is 12.6. The molecular formula is C13H13F3N2OS. The normalized spacial score (nSPS) is 21.4. The minimum atomic E-state index is -4.48. The minimum absolute atomic E-state index is 0.0245. The van der Waals surface area contributed by atoms with Gasteiger partial charge in [-0.3, -0.25) is 4.79 Å². The number of benzene rings is 1. The molecule has 0 radical (unpaired) electrons. The molecule has 2 atom stereocenters. The lowest BCUT2D eigenvalue weighted by atomic mass is 10.1. The van der Waals surface area contributed by atoms with Gasteiger partial charge in [-0.1, -0.05) is 19.1 Å². The first kappa shape index (κ1) is 14.8. The molecule has 1 aromatic rings. The van der Waals surface area contributed by atoms with Crippen LogP contribution in [0.2, 0.25) is 0 Å². The van der Waals surface area contributed by atoms with Crippen molar-refractivity contribution in [2.75, 3.05) is 5.32 Å². The fourth-order valence-corrected chi connectivity index (χ4v) is 2.12. The van der Waals surface area contributed by atoms with Crippen LogP contribution in [0.3, 0.4) is 0 Å². The summed E-state index contributed by atoms with van der Waals surface area (Å²) in [5, 5.41) is 2.59. The van der Waals surface area contributed by atoms with E-state index in [1.807, 2.05) is 6.92 Å². The van der Waals surface area contributed by atoms with Crippen molar-refractivity contribution in [1.82, 2.24) is 0 Å². The van der Waals surface area contributed by atoms with Gasteiger partial charge in [0, 0.05) is 11.5 Å². The molecule has 1 amide bonds. The molecule has 1 saturated carbocycles. The summed E-state index contributed by atoms with van der Waals surface area (Å²) in [5.41, 5.74) is 4.83. The average Bonchev–Trinajstić information content (AvgIpc) is 3.05. The summed E-state index contributed by atoms with van der Waals surface area (Å²) in [7, 11) is 0. The van der Waals surface area contributed by atoms with Gasteiger partial charge in [-0.2, -0.15) is 13.2 Å². The van der Waals surface area contributed by atoms with Crippen molar-refractivity contribution < 1.29 is 18.0 Å². The van der Waals surface area contributed by atoms with E-state index in [-0.39, 0.29) is 28.1 Å². The second-order valence-corrected chi connectivity index (χ2v) is 5.37. The van der Waals surface area contributed by atoms with Crippen molar-refractivity contribution in [2.24, 2.45) is 17.6 Å². The first-order valence-corrected chi connectivity index (χ1v) is 6.43. The molecule has 108 valence electrons. The van der Waals surface area contributed by atoms with Crippen molar-refractivity contribution in [3.05, 3.63) is 29.3 Å². The maximum Gasteiger partial charge on any atom is 0.416 e. The van der Waals surface area contributed by atoms with E-state index in [0.717, 1.165) is 18.6 Å². The summed E-state index contributed by atoms with van der Waals surface area (Å²) in [4.78, 5) is 11.6. The second-order valence-electron chi connectivity index (χ2n) is 4.93. The number of amides is 1. The van der Waals surface area contributed by atoms with Crippen molar-refractivity contribution in [1.29, 1.82) is 0 Å². The number of carbonyl (C=O) groups is 1. The van der Waals surface area contributed by atoms with Gasteiger partial charge in [0.2, 0.25) is 5.91 Å². The fourth-order valence-electron chi connectivity index (χ4n) is 1.95. The summed E-state index contributed by atoms with van der Waals surface area (Å²) in [6, 6.07) is 2.93. The Balaban J connectivity index is 2.28. The van der Waals surface area contributed by atoms with Crippen LogP contribution in [-0.4, -0.2) is 10.9 Å². The van der Waals surface area contributed by atoms with Crippen LogP contribution >= 0.6 is 12.2 Å². The Kier molecular flexibility index (Phi) is 3.73. The molecule has 7 heteroatoms. The highest BCUT2D eigenvalue weighted by molar-refractivity contribution is 7.80. The van der Waals surface area contributed by atoms with E-state index in [2.05, 4.69) is 5.32 Å². The summed E-state index contributed by atoms with van der Waals surface area (Å²) in [5.74, 6) is 0.00368. The zero-order chi connectivity index (χ0) is 15.1. The van der Waals surface area contributed by atoms with Crippen molar-refractivity contribution in [3.63, 3.8) is 0 Å². The van der Waals surface area contributed by atoms with Crippen LogP contribution in [0.15, 0.2) is 18.2 Å². The molecule has 0 heterocycles. The number of hydrogen-bond acceptors (Lipinski definition) is 2. The second kappa shape index (κ2) is 5.05. The third kappa shape index (κ3) is 3.09. The molecular weight excluding hydrogens is 289 g/mol. The van der Waals surface area contributed by atoms with Gasteiger partial charge >= 0.3 is 6.18 Å². The highest BCUT2D eigenvalue weighted by atomic mass is 32.1. The Hall–Kier alpha value is -1.63. The average molecular weight is 302 g/mol. The van der Waals surface area contributed by atoms with E-state index in [1.165, 1.54) is 6.07 Å². The molecule has 2 rings (SSSR count). The lowest BCUT2D eigenvalue weighted by Crippen LogP contribution is -2.20. The van der Waals surface area contributed by atoms with Gasteiger partial charge in [0.1, 0.15) is 4.99 Å². The zero-order valence-corrected chi connectivity index (χ0v) is 11.4.